The zero-order valence-electron chi connectivity index (χ0n) is 9.69. The Hall–Kier alpha value is -1.75. The molecular formula is C12H15N5. The molecular weight excluding hydrogens is 214 g/mol. The van der Waals surface area contributed by atoms with Crippen LogP contribution in [0.3, 0.4) is 0 Å². The van der Waals surface area contributed by atoms with E-state index in [1.165, 1.54) is 5.56 Å². The SMILES string of the molecule is CC(N)c1nnnn1C1CC1c1ccccc1. The fourth-order valence-electron chi connectivity index (χ4n) is 2.25. The third-order valence-corrected chi connectivity index (χ3v) is 3.22. The molecule has 1 aliphatic carbocycles. The van der Waals surface area contributed by atoms with E-state index in [-0.39, 0.29) is 6.04 Å². The third-order valence-electron chi connectivity index (χ3n) is 3.22. The molecule has 2 N–H and O–H groups in total. The second-order valence-corrected chi connectivity index (χ2v) is 4.59. The Labute approximate surface area is 99.6 Å². The van der Waals surface area contributed by atoms with Crippen molar-refractivity contribution in [2.45, 2.75) is 31.3 Å². The van der Waals surface area contributed by atoms with E-state index in [4.69, 9.17) is 5.73 Å². The average Bonchev–Trinajstić information content (AvgIpc) is 2.99. The fourth-order valence-corrected chi connectivity index (χ4v) is 2.25. The van der Waals surface area contributed by atoms with Crippen molar-refractivity contribution in [2.75, 3.05) is 0 Å². The van der Waals surface area contributed by atoms with Crippen LogP contribution in [0, 0.1) is 0 Å². The molecule has 5 nitrogen and oxygen atoms in total. The minimum absolute atomic E-state index is 0.123. The van der Waals surface area contributed by atoms with Gasteiger partial charge in [0, 0.05) is 5.92 Å². The summed E-state index contributed by atoms with van der Waals surface area (Å²) in [6.07, 6.45) is 1.09. The number of nitrogens with two attached hydrogens (primary N) is 1. The zero-order chi connectivity index (χ0) is 11.8. The van der Waals surface area contributed by atoms with Gasteiger partial charge in [0.25, 0.3) is 0 Å². The molecule has 3 atom stereocenters. The second kappa shape index (κ2) is 3.92. The summed E-state index contributed by atoms with van der Waals surface area (Å²) >= 11 is 0. The van der Waals surface area contributed by atoms with Gasteiger partial charge < -0.3 is 5.73 Å². The summed E-state index contributed by atoms with van der Waals surface area (Å²) in [6.45, 7) is 1.90. The van der Waals surface area contributed by atoms with Crippen LogP contribution < -0.4 is 5.73 Å². The summed E-state index contributed by atoms with van der Waals surface area (Å²) in [4.78, 5) is 0. The van der Waals surface area contributed by atoms with Crippen molar-refractivity contribution in [3.63, 3.8) is 0 Å². The monoisotopic (exact) mass is 229 g/mol. The molecule has 1 aromatic carbocycles. The molecule has 0 radical (unpaired) electrons. The minimum atomic E-state index is -0.123. The molecule has 0 bridgehead atoms. The van der Waals surface area contributed by atoms with Crippen LogP contribution in [0.15, 0.2) is 30.3 Å². The maximum Gasteiger partial charge on any atom is 0.168 e. The van der Waals surface area contributed by atoms with Crippen LogP contribution in [0.1, 0.15) is 42.7 Å². The largest absolute Gasteiger partial charge is 0.322 e. The van der Waals surface area contributed by atoms with Crippen molar-refractivity contribution in [3.8, 4) is 0 Å². The highest BCUT2D eigenvalue weighted by atomic mass is 15.6. The van der Waals surface area contributed by atoms with Crippen LogP contribution in [-0.4, -0.2) is 20.2 Å². The molecule has 1 saturated carbocycles. The Balaban J connectivity index is 1.83. The quantitative estimate of drug-likeness (QED) is 0.864. The first-order valence-corrected chi connectivity index (χ1v) is 5.85. The van der Waals surface area contributed by atoms with Crippen molar-refractivity contribution in [2.24, 2.45) is 5.73 Å². The van der Waals surface area contributed by atoms with Crippen LogP contribution >= 0.6 is 0 Å². The van der Waals surface area contributed by atoms with Crippen LogP contribution in [0.2, 0.25) is 0 Å². The molecule has 3 rings (SSSR count). The first-order valence-electron chi connectivity index (χ1n) is 5.85. The predicted octanol–water partition coefficient (Wildman–Crippen LogP) is 1.42. The van der Waals surface area contributed by atoms with Crippen molar-refractivity contribution in [1.29, 1.82) is 0 Å². The van der Waals surface area contributed by atoms with Crippen LogP contribution in [-0.2, 0) is 0 Å². The number of aromatic nitrogens is 4. The van der Waals surface area contributed by atoms with Crippen molar-refractivity contribution in [3.05, 3.63) is 41.7 Å². The minimum Gasteiger partial charge on any atom is -0.322 e. The lowest BCUT2D eigenvalue weighted by atomic mass is 10.1. The van der Waals surface area contributed by atoms with E-state index < -0.39 is 0 Å². The second-order valence-electron chi connectivity index (χ2n) is 4.59. The Kier molecular flexibility index (Phi) is 2.40. The van der Waals surface area contributed by atoms with Gasteiger partial charge in [-0.3, -0.25) is 0 Å². The summed E-state index contributed by atoms with van der Waals surface area (Å²) < 4.78 is 1.88. The molecule has 3 unspecified atom stereocenters. The van der Waals surface area contributed by atoms with Gasteiger partial charge >= 0.3 is 0 Å². The number of benzene rings is 1. The van der Waals surface area contributed by atoms with Gasteiger partial charge in [-0.15, -0.1) is 5.10 Å². The molecule has 1 aliphatic rings. The Bertz CT molecular complexity index is 505. The lowest BCUT2D eigenvalue weighted by Gasteiger charge is -2.06. The van der Waals surface area contributed by atoms with Gasteiger partial charge in [0.1, 0.15) is 0 Å². The van der Waals surface area contributed by atoms with Crippen molar-refractivity contribution in [1.82, 2.24) is 20.2 Å². The van der Waals surface area contributed by atoms with Gasteiger partial charge in [-0.1, -0.05) is 30.3 Å². The number of hydrogen-bond donors (Lipinski definition) is 1. The van der Waals surface area contributed by atoms with E-state index in [1.807, 2.05) is 17.7 Å². The molecule has 5 heteroatoms. The summed E-state index contributed by atoms with van der Waals surface area (Å²) in [5.41, 5.74) is 7.20. The Morgan fingerprint density at radius 1 is 1.35 bits per heavy atom. The van der Waals surface area contributed by atoms with E-state index in [0.717, 1.165) is 12.2 Å². The molecule has 1 fully saturated rings. The fraction of sp³-hybridized carbons (Fsp3) is 0.417. The summed E-state index contributed by atoms with van der Waals surface area (Å²) in [7, 11) is 0. The average molecular weight is 229 g/mol. The maximum atomic E-state index is 5.85. The number of hydrogen-bond acceptors (Lipinski definition) is 4. The third kappa shape index (κ3) is 1.82. The zero-order valence-corrected chi connectivity index (χ0v) is 9.69. The van der Waals surface area contributed by atoms with Gasteiger partial charge in [0.05, 0.1) is 12.1 Å². The molecule has 0 aliphatic heterocycles. The molecule has 1 heterocycles. The highest BCUT2D eigenvalue weighted by Gasteiger charge is 2.42. The Morgan fingerprint density at radius 3 is 2.82 bits per heavy atom. The molecule has 17 heavy (non-hydrogen) atoms. The lowest BCUT2D eigenvalue weighted by Crippen LogP contribution is -2.14. The topological polar surface area (TPSA) is 69.6 Å². The Morgan fingerprint density at radius 2 is 2.12 bits per heavy atom. The number of tetrazole rings is 1. The first kappa shape index (κ1) is 10.4. The highest BCUT2D eigenvalue weighted by molar-refractivity contribution is 5.27. The molecule has 1 aromatic heterocycles. The van der Waals surface area contributed by atoms with Gasteiger partial charge in [-0.25, -0.2) is 4.68 Å². The van der Waals surface area contributed by atoms with E-state index in [0.29, 0.717) is 12.0 Å². The van der Waals surface area contributed by atoms with Gasteiger partial charge in [0.15, 0.2) is 5.82 Å². The van der Waals surface area contributed by atoms with E-state index in [2.05, 4.69) is 39.8 Å². The molecule has 88 valence electrons. The van der Waals surface area contributed by atoms with Gasteiger partial charge in [-0.2, -0.15) is 0 Å². The normalized spacial score (nSPS) is 24.6. The van der Waals surface area contributed by atoms with Crippen molar-refractivity contribution < 1.29 is 0 Å². The van der Waals surface area contributed by atoms with Crippen LogP contribution in [0.25, 0.3) is 0 Å². The molecule has 2 aromatic rings. The number of rotatable bonds is 3. The summed E-state index contributed by atoms with van der Waals surface area (Å²) in [5.74, 6) is 1.30. The lowest BCUT2D eigenvalue weighted by molar-refractivity contribution is 0.547. The summed E-state index contributed by atoms with van der Waals surface area (Å²) in [6, 6.07) is 10.7. The highest BCUT2D eigenvalue weighted by Crippen LogP contribution is 2.51. The van der Waals surface area contributed by atoms with Gasteiger partial charge in [0.2, 0.25) is 0 Å². The predicted molar refractivity (Wildman–Crippen MR) is 63.3 cm³/mol. The standard InChI is InChI=1S/C12H15N5/c1-8(13)12-14-15-16-17(12)11-7-10(11)9-5-3-2-4-6-9/h2-6,8,10-11H,7,13H2,1H3. The van der Waals surface area contributed by atoms with E-state index in [1.54, 1.807) is 0 Å². The van der Waals surface area contributed by atoms with Crippen LogP contribution in [0.4, 0.5) is 0 Å². The molecule has 0 saturated heterocycles. The van der Waals surface area contributed by atoms with Crippen LogP contribution in [0.5, 0.6) is 0 Å². The molecule has 0 amide bonds. The number of nitrogens with zero attached hydrogens (tertiary/aromatic N) is 4. The van der Waals surface area contributed by atoms with E-state index in [9.17, 15) is 0 Å². The maximum absolute atomic E-state index is 5.85. The smallest absolute Gasteiger partial charge is 0.168 e. The molecule has 0 spiro atoms. The van der Waals surface area contributed by atoms with Crippen molar-refractivity contribution >= 4 is 0 Å². The first-order chi connectivity index (χ1) is 8.27. The van der Waals surface area contributed by atoms with Gasteiger partial charge in [-0.05, 0) is 29.3 Å². The van der Waals surface area contributed by atoms with E-state index >= 15 is 0 Å². The summed E-state index contributed by atoms with van der Waals surface area (Å²) in [5, 5.41) is 11.7.